The molecule has 0 bridgehead atoms. The van der Waals surface area contributed by atoms with Gasteiger partial charge in [0.1, 0.15) is 0 Å². The van der Waals surface area contributed by atoms with Gasteiger partial charge in [0.2, 0.25) is 0 Å². The molecule has 4 heteroatoms. The maximum atomic E-state index is 11.7. The number of amides is 1. The molecule has 2 aromatic rings. The molecule has 1 saturated heterocycles. The monoisotopic (exact) mass is 311 g/mol. The average molecular weight is 311 g/mol. The van der Waals surface area contributed by atoms with Crippen LogP contribution in [0.5, 0.6) is 0 Å². The van der Waals surface area contributed by atoms with Crippen LogP contribution in [0.4, 0.5) is 5.69 Å². The molecule has 1 aliphatic heterocycles. The molecule has 23 heavy (non-hydrogen) atoms. The minimum absolute atomic E-state index is 0.274. The number of hydrogen-bond donors (Lipinski definition) is 1. The molecule has 1 fully saturated rings. The first-order valence-electron chi connectivity index (χ1n) is 8.36. The molecule has 1 aromatic carbocycles. The van der Waals surface area contributed by atoms with Gasteiger partial charge in [-0.05, 0) is 57.4 Å². The molecule has 1 aliphatic rings. The highest BCUT2D eigenvalue weighted by Gasteiger charge is 2.19. The zero-order valence-corrected chi connectivity index (χ0v) is 14.2. The van der Waals surface area contributed by atoms with Gasteiger partial charge in [0.15, 0.2) is 0 Å². The summed E-state index contributed by atoms with van der Waals surface area (Å²) in [6.45, 7) is 8.50. The summed E-state index contributed by atoms with van der Waals surface area (Å²) < 4.78 is 2.19. The van der Waals surface area contributed by atoms with Crippen molar-refractivity contribution >= 4 is 11.6 Å². The zero-order valence-electron chi connectivity index (χ0n) is 14.2. The van der Waals surface area contributed by atoms with Crippen molar-refractivity contribution in [2.75, 3.05) is 18.0 Å². The molecule has 0 atom stereocenters. The summed E-state index contributed by atoms with van der Waals surface area (Å²) in [6, 6.07) is 10.8. The third-order valence-electron chi connectivity index (χ3n) is 4.71. The third-order valence-corrected chi connectivity index (χ3v) is 4.71. The number of hydrogen-bond acceptors (Lipinski definition) is 2. The third kappa shape index (κ3) is 2.85. The summed E-state index contributed by atoms with van der Waals surface area (Å²) in [4.78, 5) is 14.1. The number of rotatable bonds is 4. The highest BCUT2D eigenvalue weighted by Crippen LogP contribution is 2.31. The quantitative estimate of drug-likeness (QED) is 0.935. The number of benzene rings is 1. The lowest BCUT2D eigenvalue weighted by Gasteiger charge is -2.19. The first kappa shape index (κ1) is 15.7. The summed E-state index contributed by atoms with van der Waals surface area (Å²) in [6.07, 6.45) is 2.55. The van der Waals surface area contributed by atoms with Crippen molar-refractivity contribution in [3.8, 4) is 11.3 Å². The summed E-state index contributed by atoms with van der Waals surface area (Å²) in [5, 5.41) is 0. The molecule has 122 valence electrons. The molecular formula is C19H25N3O. The second-order valence-electron chi connectivity index (χ2n) is 6.60. The second-order valence-corrected chi connectivity index (χ2v) is 6.60. The van der Waals surface area contributed by atoms with Gasteiger partial charge in [0, 0.05) is 36.2 Å². The fourth-order valence-corrected chi connectivity index (χ4v) is 3.58. The molecule has 4 nitrogen and oxygen atoms in total. The van der Waals surface area contributed by atoms with Crippen LogP contribution in [0.2, 0.25) is 0 Å². The van der Waals surface area contributed by atoms with Gasteiger partial charge in [-0.1, -0.05) is 12.1 Å². The Bertz CT molecular complexity index is 707. The van der Waals surface area contributed by atoms with Gasteiger partial charge in [-0.25, -0.2) is 0 Å². The lowest BCUT2D eigenvalue weighted by molar-refractivity contribution is 0.0999. The minimum atomic E-state index is -0.364. The summed E-state index contributed by atoms with van der Waals surface area (Å²) in [5.74, 6) is -0.364. The SMILES string of the molecule is Cc1c(C(N)=O)cc(-c2ccc(N3CCCC3)cc2)n1C(C)C. The van der Waals surface area contributed by atoms with E-state index >= 15 is 0 Å². The van der Waals surface area contributed by atoms with Crippen molar-refractivity contribution in [2.24, 2.45) is 5.73 Å². The van der Waals surface area contributed by atoms with Crippen molar-refractivity contribution in [2.45, 2.75) is 39.7 Å². The van der Waals surface area contributed by atoms with Gasteiger partial charge < -0.3 is 15.2 Å². The fourth-order valence-electron chi connectivity index (χ4n) is 3.58. The molecule has 0 radical (unpaired) electrons. The number of carbonyl (C=O) groups excluding carboxylic acids is 1. The van der Waals surface area contributed by atoms with Crippen molar-refractivity contribution in [3.05, 3.63) is 41.6 Å². The number of anilines is 1. The number of nitrogens with zero attached hydrogens (tertiary/aromatic N) is 2. The molecule has 2 N–H and O–H groups in total. The van der Waals surface area contributed by atoms with Crippen molar-refractivity contribution in [1.82, 2.24) is 4.57 Å². The van der Waals surface area contributed by atoms with E-state index in [1.807, 2.05) is 13.0 Å². The number of aromatic nitrogens is 1. The number of primary amides is 1. The Labute approximate surface area is 137 Å². The van der Waals surface area contributed by atoms with Crippen LogP contribution >= 0.6 is 0 Å². The number of nitrogens with two attached hydrogens (primary N) is 1. The van der Waals surface area contributed by atoms with E-state index in [0.29, 0.717) is 5.56 Å². The molecule has 1 aromatic heterocycles. The van der Waals surface area contributed by atoms with Gasteiger partial charge >= 0.3 is 0 Å². The van der Waals surface area contributed by atoms with Crippen LogP contribution in [0.1, 0.15) is 48.8 Å². The van der Waals surface area contributed by atoms with Gasteiger partial charge in [-0.15, -0.1) is 0 Å². The maximum absolute atomic E-state index is 11.7. The Morgan fingerprint density at radius 1 is 1.13 bits per heavy atom. The highest BCUT2D eigenvalue weighted by atomic mass is 16.1. The van der Waals surface area contributed by atoms with Crippen LogP contribution in [0.15, 0.2) is 30.3 Å². The number of carbonyl (C=O) groups is 1. The van der Waals surface area contributed by atoms with Crippen LogP contribution in [0, 0.1) is 6.92 Å². The molecule has 0 unspecified atom stereocenters. The Kier molecular flexibility index (Phi) is 4.16. The molecule has 0 aliphatic carbocycles. The Hall–Kier alpha value is -2.23. The van der Waals surface area contributed by atoms with E-state index in [2.05, 4.69) is 47.6 Å². The lowest BCUT2D eigenvalue weighted by atomic mass is 10.1. The fraction of sp³-hybridized carbons (Fsp3) is 0.421. The van der Waals surface area contributed by atoms with E-state index < -0.39 is 0 Å². The highest BCUT2D eigenvalue weighted by molar-refractivity contribution is 5.95. The molecule has 0 spiro atoms. The Morgan fingerprint density at radius 2 is 1.74 bits per heavy atom. The van der Waals surface area contributed by atoms with E-state index in [4.69, 9.17) is 5.73 Å². The first-order valence-corrected chi connectivity index (χ1v) is 8.36. The first-order chi connectivity index (χ1) is 11.0. The van der Waals surface area contributed by atoms with Crippen LogP contribution in [0.3, 0.4) is 0 Å². The summed E-state index contributed by atoms with van der Waals surface area (Å²) >= 11 is 0. The van der Waals surface area contributed by atoms with Crippen LogP contribution in [-0.4, -0.2) is 23.6 Å². The lowest BCUT2D eigenvalue weighted by Crippen LogP contribution is -2.17. The molecule has 0 saturated carbocycles. The molecule has 1 amide bonds. The second kappa shape index (κ2) is 6.11. The summed E-state index contributed by atoms with van der Waals surface area (Å²) in [7, 11) is 0. The van der Waals surface area contributed by atoms with Crippen LogP contribution in [0.25, 0.3) is 11.3 Å². The smallest absolute Gasteiger partial charge is 0.250 e. The van der Waals surface area contributed by atoms with Crippen LogP contribution in [-0.2, 0) is 0 Å². The normalized spacial score (nSPS) is 14.7. The largest absolute Gasteiger partial charge is 0.372 e. The van der Waals surface area contributed by atoms with Gasteiger partial charge in [0.05, 0.1) is 5.56 Å². The van der Waals surface area contributed by atoms with Crippen molar-refractivity contribution in [3.63, 3.8) is 0 Å². The molecule has 3 rings (SSSR count). The van der Waals surface area contributed by atoms with Gasteiger partial charge in [-0.2, -0.15) is 0 Å². The maximum Gasteiger partial charge on any atom is 0.250 e. The van der Waals surface area contributed by atoms with E-state index in [9.17, 15) is 4.79 Å². The summed E-state index contributed by atoms with van der Waals surface area (Å²) in [5.41, 5.74) is 10.5. The van der Waals surface area contributed by atoms with Crippen molar-refractivity contribution < 1.29 is 4.79 Å². The minimum Gasteiger partial charge on any atom is -0.372 e. The molecule has 2 heterocycles. The predicted molar refractivity (Wildman–Crippen MR) is 95.0 cm³/mol. The predicted octanol–water partition coefficient (Wildman–Crippen LogP) is 3.74. The Morgan fingerprint density at radius 3 is 2.26 bits per heavy atom. The average Bonchev–Trinajstić information content (AvgIpc) is 3.14. The Balaban J connectivity index is 2.00. The van der Waals surface area contributed by atoms with E-state index in [1.165, 1.54) is 18.5 Å². The van der Waals surface area contributed by atoms with E-state index in [-0.39, 0.29) is 11.9 Å². The standard InChI is InChI=1S/C19H25N3O/c1-13(2)22-14(3)17(19(20)23)12-18(22)15-6-8-16(9-7-15)21-10-4-5-11-21/h6-9,12-13H,4-5,10-11H2,1-3H3,(H2,20,23). The zero-order chi connectivity index (χ0) is 16.6. The topological polar surface area (TPSA) is 51.3 Å². The van der Waals surface area contributed by atoms with Gasteiger partial charge in [-0.3, -0.25) is 4.79 Å². The van der Waals surface area contributed by atoms with E-state index in [1.54, 1.807) is 0 Å². The van der Waals surface area contributed by atoms with Crippen molar-refractivity contribution in [1.29, 1.82) is 0 Å². The van der Waals surface area contributed by atoms with Gasteiger partial charge in [0.25, 0.3) is 5.91 Å². The van der Waals surface area contributed by atoms with Crippen LogP contribution < -0.4 is 10.6 Å². The van der Waals surface area contributed by atoms with E-state index in [0.717, 1.165) is 30.0 Å². The molecular weight excluding hydrogens is 286 g/mol.